The molecule has 1 atom stereocenters. The lowest BCUT2D eigenvalue weighted by molar-refractivity contribution is 0.0827. The Morgan fingerprint density at radius 3 is 2.00 bits per heavy atom. The van der Waals surface area contributed by atoms with Crippen LogP contribution in [0.3, 0.4) is 0 Å². The summed E-state index contributed by atoms with van der Waals surface area (Å²) in [6.45, 7) is 3.83. The second-order valence-electron chi connectivity index (χ2n) is 7.78. The zero-order chi connectivity index (χ0) is 22.6. The molecular formula is C22H32N3O4P. The Hall–Kier alpha value is -2.18. The van der Waals surface area contributed by atoms with Crippen LogP contribution in [0.4, 0.5) is 0 Å². The Balaban J connectivity index is 2.23. The summed E-state index contributed by atoms with van der Waals surface area (Å²) in [5, 5.41) is 0. The van der Waals surface area contributed by atoms with E-state index in [1.165, 1.54) is 4.90 Å². The quantitative estimate of drug-likeness (QED) is 0.558. The van der Waals surface area contributed by atoms with Gasteiger partial charge in [-0.3, -0.25) is 13.9 Å². The van der Waals surface area contributed by atoms with Crippen molar-refractivity contribution in [2.45, 2.75) is 20.0 Å². The molecule has 2 aromatic carbocycles. The van der Waals surface area contributed by atoms with Crippen molar-refractivity contribution >= 4 is 13.6 Å². The van der Waals surface area contributed by atoms with Gasteiger partial charge in [0.1, 0.15) is 11.5 Å². The molecule has 7 nitrogen and oxygen atoms in total. The summed E-state index contributed by atoms with van der Waals surface area (Å²) in [4.78, 5) is 13.6. The molecule has 0 aliphatic heterocycles. The highest BCUT2D eigenvalue weighted by atomic mass is 31.2. The number of hydrogen-bond acceptors (Lipinski definition) is 4. The maximum atomic E-state index is 13.1. The summed E-state index contributed by atoms with van der Waals surface area (Å²) in [5.74, 6) is 1.25. The van der Waals surface area contributed by atoms with E-state index in [1.807, 2.05) is 32.0 Å². The minimum Gasteiger partial charge on any atom is -0.457 e. The summed E-state index contributed by atoms with van der Waals surface area (Å²) in [7, 11) is 7.28. The van der Waals surface area contributed by atoms with Crippen molar-refractivity contribution in [1.29, 1.82) is 0 Å². The minimum absolute atomic E-state index is 0.0584. The molecule has 8 heteroatoms. The second-order valence-corrected chi connectivity index (χ2v) is 10.6. The molecule has 0 aliphatic carbocycles. The first-order chi connectivity index (χ1) is 14.0. The van der Waals surface area contributed by atoms with E-state index in [2.05, 4.69) is 0 Å². The molecule has 1 amide bonds. The Bertz CT molecular complexity index is 914. The number of amides is 1. The standard InChI is InChI=1S/C22H32N3O4P/c1-16-9-10-19(17(2)29-30(27,24(5)6)25(7)8)15-21(16)28-20-13-11-18(12-14-20)22(26)23(3)4/h9-15,17H,1-8H3. The van der Waals surface area contributed by atoms with E-state index in [9.17, 15) is 9.36 Å². The monoisotopic (exact) mass is 433 g/mol. The van der Waals surface area contributed by atoms with Crippen molar-refractivity contribution in [3.05, 3.63) is 59.2 Å². The molecule has 2 aromatic rings. The van der Waals surface area contributed by atoms with E-state index in [-0.39, 0.29) is 5.91 Å². The van der Waals surface area contributed by atoms with Gasteiger partial charge in [-0.05, 0) is 83.5 Å². The molecule has 0 saturated heterocycles. The number of carbonyl (C=O) groups is 1. The zero-order valence-corrected chi connectivity index (χ0v) is 19.9. The van der Waals surface area contributed by atoms with E-state index in [0.717, 1.165) is 11.1 Å². The van der Waals surface area contributed by atoms with E-state index in [0.29, 0.717) is 17.1 Å². The Morgan fingerprint density at radius 2 is 1.50 bits per heavy atom. The van der Waals surface area contributed by atoms with Gasteiger partial charge in [0.2, 0.25) is 0 Å². The van der Waals surface area contributed by atoms with Gasteiger partial charge in [-0.1, -0.05) is 12.1 Å². The van der Waals surface area contributed by atoms with Crippen LogP contribution in [0.25, 0.3) is 0 Å². The van der Waals surface area contributed by atoms with E-state index in [1.54, 1.807) is 75.9 Å². The minimum atomic E-state index is -3.11. The average Bonchev–Trinajstić information content (AvgIpc) is 2.69. The van der Waals surface area contributed by atoms with Crippen molar-refractivity contribution in [3.63, 3.8) is 0 Å². The summed E-state index contributed by atoms with van der Waals surface area (Å²) in [5.41, 5.74) is 2.42. The molecule has 0 radical (unpaired) electrons. The smallest absolute Gasteiger partial charge is 0.345 e. The molecule has 0 spiro atoms. The summed E-state index contributed by atoms with van der Waals surface area (Å²) in [6, 6.07) is 12.8. The van der Waals surface area contributed by atoms with Gasteiger partial charge in [0.15, 0.2) is 0 Å². The van der Waals surface area contributed by atoms with Crippen LogP contribution >= 0.6 is 7.67 Å². The van der Waals surface area contributed by atoms with Crippen LogP contribution < -0.4 is 4.74 Å². The largest absolute Gasteiger partial charge is 0.457 e. The molecule has 0 aromatic heterocycles. The number of hydrogen-bond donors (Lipinski definition) is 0. The average molecular weight is 433 g/mol. The summed E-state index contributed by atoms with van der Waals surface area (Å²) in [6.07, 6.45) is -0.399. The fraction of sp³-hybridized carbons (Fsp3) is 0.409. The van der Waals surface area contributed by atoms with Crippen molar-refractivity contribution in [1.82, 2.24) is 14.2 Å². The summed E-state index contributed by atoms with van der Waals surface area (Å²) >= 11 is 0. The number of ether oxygens (including phenoxy) is 1. The van der Waals surface area contributed by atoms with Crippen LogP contribution in [0.5, 0.6) is 11.5 Å². The molecule has 0 N–H and O–H groups in total. The van der Waals surface area contributed by atoms with Crippen LogP contribution in [0, 0.1) is 6.92 Å². The van der Waals surface area contributed by atoms with Crippen LogP contribution in [-0.4, -0.2) is 62.4 Å². The second kappa shape index (κ2) is 9.75. The van der Waals surface area contributed by atoms with Gasteiger partial charge in [-0.25, -0.2) is 9.34 Å². The maximum Gasteiger partial charge on any atom is 0.345 e. The van der Waals surface area contributed by atoms with Gasteiger partial charge >= 0.3 is 7.67 Å². The van der Waals surface area contributed by atoms with Gasteiger partial charge in [0, 0.05) is 19.7 Å². The summed E-state index contributed by atoms with van der Waals surface area (Å²) < 4.78 is 28.4. The zero-order valence-electron chi connectivity index (χ0n) is 19.0. The predicted octanol–water partition coefficient (Wildman–Crippen LogP) is 4.80. The highest BCUT2D eigenvalue weighted by molar-refractivity contribution is 7.53. The van der Waals surface area contributed by atoms with Gasteiger partial charge < -0.3 is 9.64 Å². The topological polar surface area (TPSA) is 62.3 Å². The Morgan fingerprint density at radius 1 is 0.933 bits per heavy atom. The molecule has 1 unspecified atom stereocenters. The third kappa shape index (κ3) is 5.49. The van der Waals surface area contributed by atoms with Crippen molar-refractivity contribution < 1.29 is 18.6 Å². The first kappa shape index (κ1) is 24.1. The highest BCUT2D eigenvalue weighted by Crippen LogP contribution is 2.54. The third-order valence-corrected chi connectivity index (χ3v) is 7.34. The van der Waals surface area contributed by atoms with Crippen LogP contribution in [0.2, 0.25) is 0 Å². The van der Waals surface area contributed by atoms with Crippen LogP contribution in [0.15, 0.2) is 42.5 Å². The molecule has 0 bridgehead atoms. The molecule has 0 saturated carbocycles. The highest BCUT2D eigenvalue weighted by Gasteiger charge is 2.32. The lowest BCUT2D eigenvalue weighted by atomic mass is 10.1. The van der Waals surface area contributed by atoms with Gasteiger partial charge in [-0.15, -0.1) is 0 Å². The van der Waals surface area contributed by atoms with Gasteiger partial charge in [0.25, 0.3) is 5.91 Å². The molecule has 164 valence electrons. The van der Waals surface area contributed by atoms with Crippen LogP contribution in [-0.2, 0) is 9.09 Å². The molecule has 2 rings (SSSR count). The van der Waals surface area contributed by atoms with Crippen molar-refractivity contribution in [2.24, 2.45) is 0 Å². The van der Waals surface area contributed by atoms with Gasteiger partial charge in [-0.2, -0.15) is 0 Å². The normalized spacial score (nSPS) is 12.9. The number of carbonyl (C=O) groups excluding carboxylic acids is 1. The lowest BCUT2D eigenvalue weighted by Gasteiger charge is -2.32. The first-order valence-electron chi connectivity index (χ1n) is 9.70. The number of nitrogens with zero attached hydrogens (tertiary/aromatic N) is 3. The Kier molecular flexibility index (Phi) is 7.83. The Labute approximate surface area is 179 Å². The molecular weight excluding hydrogens is 401 g/mol. The van der Waals surface area contributed by atoms with Crippen LogP contribution in [0.1, 0.15) is 34.5 Å². The molecule has 0 heterocycles. The molecule has 0 aliphatic rings. The number of benzene rings is 2. The van der Waals surface area contributed by atoms with Gasteiger partial charge in [0.05, 0.1) is 6.10 Å². The SMILES string of the molecule is Cc1ccc(C(C)OP(=O)(N(C)C)N(C)C)cc1Oc1ccc(C(=O)N(C)C)cc1. The maximum absolute atomic E-state index is 13.1. The molecule has 0 fully saturated rings. The number of aryl methyl sites for hydroxylation is 1. The fourth-order valence-corrected chi connectivity index (χ4v) is 4.47. The van der Waals surface area contributed by atoms with E-state index in [4.69, 9.17) is 9.26 Å². The van der Waals surface area contributed by atoms with E-state index >= 15 is 0 Å². The van der Waals surface area contributed by atoms with E-state index < -0.39 is 13.8 Å². The number of rotatable bonds is 8. The fourth-order valence-electron chi connectivity index (χ4n) is 2.84. The lowest BCUT2D eigenvalue weighted by Crippen LogP contribution is -2.23. The molecule has 30 heavy (non-hydrogen) atoms. The first-order valence-corrected chi connectivity index (χ1v) is 11.2. The third-order valence-electron chi connectivity index (χ3n) is 4.72. The van der Waals surface area contributed by atoms with Crippen molar-refractivity contribution in [3.8, 4) is 11.5 Å². The van der Waals surface area contributed by atoms with Crippen molar-refractivity contribution in [2.75, 3.05) is 42.3 Å². The predicted molar refractivity (Wildman–Crippen MR) is 120 cm³/mol.